The highest BCUT2D eigenvalue weighted by molar-refractivity contribution is 7.99. The summed E-state index contributed by atoms with van der Waals surface area (Å²) in [5.41, 5.74) is 5.62. The van der Waals surface area contributed by atoms with Crippen molar-refractivity contribution in [3.05, 3.63) is 59.7 Å². The first-order valence-corrected chi connectivity index (χ1v) is 8.87. The lowest BCUT2D eigenvalue weighted by atomic mass is 9.93. The predicted molar refractivity (Wildman–Crippen MR) is 93.7 cm³/mol. The zero-order chi connectivity index (χ0) is 14.7. The number of rotatable bonds is 4. The van der Waals surface area contributed by atoms with E-state index in [4.69, 9.17) is 0 Å². The van der Waals surface area contributed by atoms with Crippen molar-refractivity contribution in [1.82, 2.24) is 5.32 Å². The van der Waals surface area contributed by atoms with Crippen LogP contribution in [0.1, 0.15) is 37.4 Å². The van der Waals surface area contributed by atoms with E-state index in [1.807, 2.05) is 0 Å². The summed E-state index contributed by atoms with van der Waals surface area (Å²) in [6.07, 6.45) is 1.18. The van der Waals surface area contributed by atoms with E-state index < -0.39 is 0 Å². The predicted octanol–water partition coefficient (Wildman–Crippen LogP) is 5.03. The third kappa shape index (κ3) is 3.17. The van der Waals surface area contributed by atoms with E-state index in [-0.39, 0.29) is 0 Å². The number of fused-ring (bicyclic) bond motifs is 1. The summed E-state index contributed by atoms with van der Waals surface area (Å²) in [5.74, 6) is 1.13. The molecule has 2 heteroatoms. The molecule has 2 aromatic rings. The molecule has 0 saturated carbocycles. The van der Waals surface area contributed by atoms with Gasteiger partial charge in [-0.3, -0.25) is 0 Å². The topological polar surface area (TPSA) is 12.0 Å². The molecule has 0 spiro atoms. The van der Waals surface area contributed by atoms with Crippen LogP contribution < -0.4 is 5.32 Å². The lowest BCUT2D eigenvalue weighted by Gasteiger charge is -2.32. The summed E-state index contributed by atoms with van der Waals surface area (Å²) in [6.45, 7) is 5.66. The molecule has 2 unspecified atom stereocenters. The van der Waals surface area contributed by atoms with Gasteiger partial charge in [-0.1, -0.05) is 56.3 Å². The lowest BCUT2D eigenvalue weighted by Crippen LogP contribution is -2.32. The van der Waals surface area contributed by atoms with E-state index in [1.54, 1.807) is 0 Å². The van der Waals surface area contributed by atoms with Crippen LogP contribution in [0.2, 0.25) is 0 Å². The largest absolute Gasteiger partial charge is 0.309 e. The molecule has 0 bridgehead atoms. The molecule has 0 amide bonds. The van der Waals surface area contributed by atoms with E-state index in [0.717, 1.165) is 12.3 Å². The van der Waals surface area contributed by atoms with Gasteiger partial charge in [0.2, 0.25) is 0 Å². The Morgan fingerprint density at radius 1 is 1.10 bits per heavy atom. The molecule has 1 aliphatic rings. The smallest absolute Gasteiger partial charge is 0.0441 e. The second-order valence-electron chi connectivity index (χ2n) is 5.73. The van der Waals surface area contributed by atoms with Crippen molar-refractivity contribution >= 4 is 11.8 Å². The average molecular weight is 297 g/mol. The molecule has 0 aromatic heterocycles. The van der Waals surface area contributed by atoms with Gasteiger partial charge in [0, 0.05) is 17.0 Å². The molecule has 1 N–H and O–H groups in total. The second-order valence-corrected chi connectivity index (χ2v) is 7.09. The maximum Gasteiger partial charge on any atom is 0.0441 e. The fourth-order valence-corrected chi connectivity index (χ4v) is 4.11. The lowest BCUT2D eigenvalue weighted by molar-refractivity contribution is 0.521. The Morgan fingerprint density at radius 2 is 1.90 bits per heavy atom. The van der Waals surface area contributed by atoms with E-state index in [1.165, 1.54) is 28.7 Å². The second kappa shape index (κ2) is 6.67. The first-order chi connectivity index (χ1) is 10.3. The zero-order valence-corrected chi connectivity index (χ0v) is 13.6. The normalized spacial score (nSPS) is 21.0. The van der Waals surface area contributed by atoms with Crippen LogP contribution in [-0.4, -0.2) is 11.8 Å². The quantitative estimate of drug-likeness (QED) is 0.849. The van der Waals surface area contributed by atoms with Crippen LogP contribution in [0.4, 0.5) is 0 Å². The van der Waals surface area contributed by atoms with Gasteiger partial charge >= 0.3 is 0 Å². The Kier molecular flexibility index (Phi) is 4.67. The van der Waals surface area contributed by atoms with Gasteiger partial charge in [0.1, 0.15) is 0 Å². The summed E-state index contributed by atoms with van der Waals surface area (Å²) in [6, 6.07) is 18.1. The molecule has 0 saturated heterocycles. The third-order valence-electron chi connectivity index (χ3n) is 4.17. The van der Waals surface area contributed by atoms with Crippen molar-refractivity contribution in [2.24, 2.45) is 0 Å². The van der Waals surface area contributed by atoms with Gasteiger partial charge < -0.3 is 5.32 Å². The van der Waals surface area contributed by atoms with Gasteiger partial charge in [0.05, 0.1) is 0 Å². The van der Waals surface area contributed by atoms with Crippen LogP contribution in [0.15, 0.2) is 48.5 Å². The highest BCUT2D eigenvalue weighted by atomic mass is 32.2. The van der Waals surface area contributed by atoms with Crippen molar-refractivity contribution < 1.29 is 0 Å². The summed E-state index contributed by atoms with van der Waals surface area (Å²) in [5, 5.41) is 4.37. The first kappa shape index (κ1) is 14.7. The average Bonchev–Trinajstić information content (AvgIpc) is 2.54. The van der Waals surface area contributed by atoms with E-state index in [9.17, 15) is 0 Å². The number of benzene rings is 2. The van der Waals surface area contributed by atoms with Crippen LogP contribution in [0.3, 0.4) is 0 Å². The van der Waals surface area contributed by atoms with Crippen LogP contribution in [0.25, 0.3) is 11.1 Å². The van der Waals surface area contributed by atoms with Gasteiger partial charge in [-0.2, -0.15) is 11.8 Å². The fourth-order valence-electron chi connectivity index (χ4n) is 2.97. The minimum Gasteiger partial charge on any atom is -0.309 e. The van der Waals surface area contributed by atoms with Crippen LogP contribution in [0.5, 0.6) is 0 Å². The van der Waals surface area contributed by atoms with Gasteiger partial charge in [0.25, 0.3) is 0 Å². The zero-order valence-electron chi connectivity index (χ0n) is 12.8. The molecule has 110 valence electrons. The molecule has 3 rings (SSSR count). The Hall–Kier alpha value is -1.25. The third-order valence-corrected chi connectivity index (χ3v) is 5.45. The fraction of sp³-hybridized carbons (Fsp3) is 0.368. The summed E-state index contributed by atoms with van der Waals surface area (Å²) in [4.78, 5) is 0. The van der Waals surface area contributed by atoms with Crippen molar-refractivity contribution in [2.75, 3.05) is 6.54 Å². The number of hydrogen-bond donors (Lipinski definition) is 1. The van der Waals surface area contributed by atoms with E-state index in [0.29, 0.717) is 11.3 Å². The maximum absolute atomic E-state index is 3.74. The van der Waals surface area contributed by atoms with Crippen LogP contribution in [-0.2, 0) is 5.75 Å². The maximum atomic E-state index is 3.74. The molecule has 1 nitrogen and oxygen atoms in total. The minimum atomic E-state index is 0.474. The Morgan fingerprint density at radius 3 is 2.67 bits per heavy atom. The van der Waals surface area contributed by atoms with E-state index >= 15 is 0 Å². The van der Waals surface area contributed by atoms with Gasteiger partial charge in [-0.05, 0) is 41.3 Å². The van der Waals surface area contributed by atoms with Crippen molar-refractivity contribution in [2.45, 2.75) is 37.3 Å². The molecule has 21 heavy (non-hydrogen) atoms. The summed E-state index contributed by atoms with van der Waals surface area (Å²) >= 11 is 2.06. The summed E-state index contributed by atoms with van der Waals surface area (Å²) < 4.78 is 0. The molecular weight excluding hydrogens is 274 g/mol. The Bertz CT molecular complexity index is 594. The SMILES string of the molecule is CCCNC1c2cc(-c3ccccc3)ccc2CSC1C. The van der Waals surface area contributed by atoms with Crippen molar-refractivity contribution in [3.63, 3.8) is 0 Å². The molecule has 0 radical (unpaired) electrons. The summed E-state index contributed by atoms with van der Waals surface area (Å²) in [7, 11) is 0. The van der Waals surface area contributed by atoms with Gasteiger partial charge in [-0.15, -0.1) is 0 Å². The van der Waals surface area contributed by atoms with E-state index in [2.05, 4.69) is 79.5 Å². The highest BCUT2D eigenvalue weighted by Crippen LogP contribution is 2.39. The number of nitrogens with one attached hydrogen (secondary N) is 1. The van der Waals surface area contributed by atoms with Crippen molar-refractivity contribution in [3.8, 4) is 11.1 Å². The number of thioether (sulfide) groups is 1. The molecule has 1 aliphatic heterocycles. The standard InChI is InChI=1S/C19H23NS/c1-3-11-20-19-14(2)21-13-17-10-9-16(12-18(17)19)15-7-5-4-6-8-15/h4-10,12,14,19-20H,3,11,13H2,1-2H3. The van der Waals surface area contributed by atoms with Gasteiger partial charge in [-0.25, -0.2) is 0 Å². The number of hydrogen-bond acceptors (Lipinski definition) is 2. The monoisotopic (exact) mass is 297 g/mol. The molecule has 1 heterocycles. The Balaban J connectivity index is 1.97. The molecular formula is C19H23NS. The molecule has 2 atom stereocenters. The Labute approximate surface area is 132 Å². The highest BCUT2D eigenvalue weighted by Gasteiger charge is 2.26. The first-order valence-electron chi connectivity index (χ1n) is 7.83. The molecule has 0 fully saturated rings. The minimum absolute atomic E-state index is 0.474. The van der Waals surface area contributed by atoms with Crippen LogP contribution >= 0.6 is 11.8 Å². The van der Waals surface area contributed by atoms with Gasteiger partial charge in [0.15, 0.2) is 0 Å². The molecule has 2 aromatic carbocycles. The molecule has 0 aliphatic carbocycles. The van der Waals surface area contributed by atoms with Crippen molar-refractivity contribution in [1.29, 1.82) is 0 Å². The van der Waals surface area contributed by atoms with Crippen LogP contribution in [0, 0.1) is 0 Å².